The molecule has 0 saturated heterocycles. The second-order valence-corrected chi connectivity index (χ2v) is 5.87. The van der Waals surface area contributed by atoms with Crippen LogP contribution in [0.2, 0.25) is 0 Å². The lowest BCUT2D eigenvalue weighted by atomic mass is 10.2. The summed E-state index contributed by atoms with van der Waals surface area (Å²) < 4.78 is 40.5. The lowest BCUT2D eigenvalue weighted by Gasteiger charge is -2.11. The van der Waals surface area contributed by atoms with E-state index in [0.717, 1.165) is 29.5 Å². The second-order valence-electron chi connectivity index (χ2n) is 3.61. The van der Waals surface area contributed by atoms with Crippen molar-refractivity contribution in [3.05, 3.63) is 27.7 Å². The predicted octanol–water partition coefficient (Wildman–Crippen LogP) is 3.03. The van der Waals surface area contributed by atoms with Gasteiger partial charge in [-0.05, 0) is 34.1 Å². The minimum atomic E-state index is -4.85. The average molecular weight is 383 g/mol. The zero-order chi connectivity index (χ0) is 15.6. The Labute approximate surface area is 128 Å². The highest BCUT2D eigenvalue weighted by Crippen LogP contribution is 2.29. The number of rotatable bonds is 3. The molecule has 0 saturated carbocycles. The molecule has 6 nitrogen and oxygen atoms in total. The summed E-state index contributed by atoms with van der Waals surface area (Å²) in [4.78, 5) is 11.9. The molecule has 3 N–H and O–H groups in total. The zero-order valence-electron chi connectivity index (χ0n) is 9.94. The normalized spacial score (nSPS) is 11.2. The largest absolute Gasteiger partial charge is 0.573 e. The molecule has 1 aromatic carbocycles. The molecule has 0 aliphatic rings. The first-order valence-corrected chi connectivity index (χ1v) is 6.81. The molecular weight excluding hydrogens is 377 g/mol. The smallest absolute Gasteiger partial charge is 0.404 e. The van der Waals surface area contributed by atoms with Crippen molar-refractivity contribution in [2.24, 2.45) is 0 Å². The minimum Gasteiger partial charge on any atom is -0.404 e. The molecule has 0 radical (unpaired) electrons. The molecule has 0 aliphatic carbocycles. The van der Waals surface area contributed by atoms with Gasteiger partial charge in [0.2, 0.25) is 5.13 Å². The third kappa shape index (κ3) is 4.29. The van der Waals surface area contributed by atoms with E-state index in [9.17, 15) is 18.0 Å². The van der Waals surface area contributed by atoms with E-state index in [1.165, 1.54) is 0 Å². The Morgan fingerprint density at radius 1 is 1.38 bits per heavy atom. The summed E-state index contributed by atoms with van der Waals surface area (Å²) in [5.41, 5.74) is 5.18. The maximum Gasteiger partial charge on any atom is 0.573 e. The summed E-state index contributed by atoms with van der Waals surface area (Å²) in [6.07, 6.45) is -4.85. The number of alkyl halides is 3. The fourth-order valence-electron chi connectivity index (χ4n) is 1.33. The van der Waals surface area contributed by atoms with Gasteiger partial charge in [-0.25, -0.2) is 0 Å². The molecule has 0 unspecified atom stereocenters. The highest BCUT2D eigenvalue weighted by molar-refractivity contribution is 9.11. The number of amides is 1. The van der Waals surface area contributed by atoms with Crippen molar-refractivity contribution in [1.82, 2.24) is 10.2 Å². The Morgan fingerprint density at radius 2 is 2.10 bits per heavy atom. The van der Waals surface area contributed by atoms with Crippen LogP contribution in [0.5, 0.6) is 5.75 Å². The maximum absolute atomic E-state index is 12.1. The number of carbonyl (C=O) groups is 1. The van der Waals surface area contributed by atoms with Crippen LogP contribution in [0.3, 0.4) is 0 Å². The third-order valence-corrected chi connectivity index (χ3v) is 3.39. The quantitative estimate of drug-likeness (QED) is 0.796. The molecule has 112 valence electrons. The van der Waals surface area contributed by atoms with E-state index in [1.54, 1.807) is 0 Å². The van der Waals surface area contributed by atoms with Crippen molar-refractivity contribution >= 4 is 44.0 Å². The van der Waals surface area contributed by atoms with Gasteiger partial charge >= 0.3 is 6.36 Å². The van der Waals surface area contributed by atoms with Gasteiger partial charge in [0.25, 0.3) is 5.91 Å². The van der Waals surface area contributed by atoms with E-state index in [4.69, 9.17) is 5.73 Å². The summed E-state index contributed by atoms with van der Waals surface area (Å²) in [5.74, 6) is -1.15. The number of nitrogens with zero attached hydrogens (tertiary/aromatic N) is 2. The summed E-state index contributed by atoms with van der Waals surface area (Å²) in [5, 5.41) is 9.96. The monoisotopic (exact) mass is 382 g/mol. The Balaban J connectivity index is 2.14. The first-order valence-electron chi connectivity index (χ1n) is 5.20. The Morgan fingerprint density at radius 3 is 2.62 bits per heavy atom. The Kier molecular flexibility index (Phi) is 4.32. The van der Waals surface area contributed by atoms with E-state index in [0.29, 0.717) is 3.92 Å². The van der Waals surface area contributed by atoms with Crippen molar-refractivity contribution < 1.29 is 22.7 Å². The first kappa shape index (κ1) is 15.5. The second kappa shape index (κ2) is 5.85. The number of hydrogen-bond donors (Lipinski definition) is 2. The number of nitrogen functional groups attached to an aromatic ring is 1. The number of nitrogens with two attached hydrogens (primary N) is 1. The molecule has 0 bridgehead atoms. The third-order valence-electron chi connectivity index (χ3n) is 2.12. The molecule has 11 heteroatoms. The molecule has 0 fully saturated rings. The molecule has 0 spiro atoms. The maximum atomic E-state index is 12.1. The van der Waals surface area contributed by atoms with E-state index in [2.05, 4.69) is 36.2 Å². The molecule has 1 amide bonds. The van der Waals surface area contributed by atoms with Crippen LogP contribution in [-0.2, 0) is 0 Å². The molecule has 1 heterocycles. The van der Waals surface area contributed by atoms with Crippen molar-refractivity contribution in [3.8, 4) is 5.75 Å². The standard InChI is InChI=1S/C10H6BrF3N4O2S/c11-8-17-18-9(21-8)16-7(19)4-1-2-6(5(15)3-4)20-10(12,13)14/h1-3H,15H2,(H,16,18,19). The Bertz CT molecular complexity index is 677. The van der Waals surface area contributed by atoms with Crippen molar-refractivity contribution in [1.29, 1.82) is 0 Å². The topological polar surface area (TPSA) is 90.1 Å². The average Bonchev–Trinajstić information content (AvgIpc) is 2.75. The van der Waals surface area contributed by atoms with E-state index in [1.807, 2.05) is 0 Å². The van der Waals surface area contributed by atoms with Crippen LogP contribution >= 0.6 is 27.3 Å². The van der Waals surface area contributed by atoms with Crippen molar-refractivity contribution in [2.75, 3.05) is 11.1 Å². The van der Waals surface area contributed by atoms with Crippen LogP contribution < -0.4 is 15.8 Å². The van der Waals surface area contributed by atoms with Gasteiger partial charge in [-0.2, -0.15) is 0 Å². The number of anilines is 2. The van der Waals surface area contributed by atoms with Crippen LogP contribution in [-0.4, -0.2) is 22.5 Å². The van der Waals surface area contributed by atoms with Crippen LogP contribution in [0.15, 0.2) is 22.1 Å². The number of aromatic nitrogens is 2. The molecule has 2 aromatic rings. The van der Waals surface area contributed by atoms with Crippen molar-refractivity contribution in [3.63, 3.8) is 0 Å². The molecule has 2 rings (SSSR count). The number of nitrogens with one attached hydrogen (secondary N) is 1. The van der Waals surface area contributed by atoms with Crippen LogP contribution in [0.25, 0.3) is 0 Å². The first-order chi connectivity index (χ1) is 9.74. The summed E-state index contributed by atoms with van der Waals surface area (Å²) in [6.45, 7) is 0. The van der Waals surface area contributed by atoms with Gasteiger partial charge < -0.3 is 10.5 Å². The lowest BCUT2D eigenvalue weighted by molar-refractivity contribution is -0.274. The molecule has 0 aliphatic heterocycles. The Hall–Kier alpha value is -1.88. The summed E-state index contributed by atoms with van der Waals surface area (Å²) in [6, 6.07) is 3.20. The molecular formula is C10H6BrF3N4O2S. The van der Waals surface area contributed by atoms with Gasteiger partial charge in [-0.3, -0.25) is 10.1 Å². The number of benzene rings is 1. The van der Waals surface area contributed by atoms with Gasteiger partial charge in [0.1, 0.15) is 0 Å². The highest BCUT2D eigenvalue weighted by atomic mass is 79.9. The summed E-state index contributed by atoms with van der Waals surface area (Å²) in [7, 11) is 0. The minimum absolute atomic E-state index is 0.0633. The molecule has 1 aromatic heterocycles. The van der Waals surface area contributed by atoms with Gasteiger partial charge in [0.05, 0.1) is 5.69 Å². The number of ether oxygens (including phenoxy) is 1. The highest BCUT2D eigenvalue weighted by Gasteiger charge is 2.32. The van der Waals surface area contributed by atoms with Gasteiger partial charge in [-0.1, -0.05) is 11.3 Å². The van der Waals surface area contributed by atoms with Gasteiger partial charge in [0.15, 0.2) is 9.67 Å². The van der Waals surface area contributed by atoms with Gasteiger partial charge in [-0.15, -0.1) is 23.4 Å². The zero-order valence-corrected chi connectivity index (χ0v) is 12.3. The van der Waals surface area contributed by atoms with Gasteiger partial charge in [0, 0.05) is 5.56 Å². The van der Waals surface area contributed by atoms with Crippen molar-refractivity contribution in [2.45, 2.75) is 6.36 Å². The van der Waals surface area contributed by atoms with Crippen LogP contribution in [0, 0.1) is 0 Å². The fourth-order valence-corrected chi connectivity index (χ4v) is 2.34. The van der Waals surface area contributed by atoms with E-state index >= 15 is 0 Å². The fraction of sp³-hybridized carbons (Fsp3) is 0.100. The lowest BCUT2D eigenvalue weighted by Crippen LogP contribution is -2.18. The van der Waals surface area contributed by atoms with E-state index < -0.39 is 18.0 Å². The number of hydrogen-bond acceptors (Lipinski definition) is 6. The van der Waals surface area contributed by atoms with E-state index in [-0.39, 0.29) is 16.4 Å². The molecule has 21 heavy (non-hydrogen) atoms. The summed E-state index contributed by atoms with van der Waals surface area (Å²) >= 11 is 4.16. The van der Waals surface area contributed by atoms with Crippen LogP contribution in [0.1, 0.15) is 10.4 Å². The number of halogens is 4. The van der Waals surface area contributed by atoms with Crippen LogP contribution in [0.4, 0.5) is 24.0 Å². The predicted molar refractivity (Wildman–Crippen MR) is 73.1 cm³/mol. The molecule has 0 atom stereocenters. The SMILES string of the molecule is Nc1cc(C(=O)Nc2nnc(Br)s2)ccc1OC(F)(F)F. The number of carbonyl (C=O) groups excluding carboxylic acids is 1.